The third-order valence-corrected chi connectivity index (χ3v) is 5.09. The summed E-state index contributed by atoms with van der Waals surface area (Å²) >= 11 is 3.41. The zero-order valence-corrected chi connectivity index (χ0v) is 16.1. The summed E-state index contributed by atoms with van der Waals surface area (Å²) in [5.74, 6) is -0.0544. The molecule has 0 bridgehead atoms. The molecule has 0 saturated carbocycles. The molecule has 4 aromatic rings. The number of nitrogens with zero attached hydrogens (tertiary/aromatic N) is 5. The van der Waals surface area contributed by atoms with E-state index in [9.17, 15) is 4.79 Å². The molecule has 0 saturated heterocycles. The third-order valence-electron chi connectivity index (χ3n) is 4.40. The van der Waals surface area contributed by atoms with Crippen molar-refractivity contribution in [1.82, 2.24) is 25.2 Å². The Kier molecular flexibility index (Phi) is 4.29. The first-order valence-corrected chi connectivity index (χ1v) is 8.91. The van der Waals surface area contributed by atoms with Gasteiger partial charge in [-0.1, -0.05) is 6.07 Å². The van der Waals surface area contributed by atoms with Gasteiger partial charge in [0, 0.05) is 22.5 Å². The van der Waals surface area contributed by atoms with Gasteiger partial charge in [-0.25, -0.2) is 0 Å². The van der Waals surface area contributed by atoms with Crippen LogP contribution in [0.15, 0.2) is 40.9 Å². The van der Waals surface area contributed by atoms with Crippen LogP contribution in [0.3, 0.4) is 0 Å². The second kappa shape index (κ2) is 6.79. The molecule has 2 aromatic heterocycles. The van der Waals surface area contributed by atoms with Crippen LogP contribution in [0, 0.1) is 11.3 Å². The van der Waals surface area contributed by atoms with E-state index >= 15 is 0 Å². The van der Waals surface area contributed by atoms with Crippen molar-refractivity contribution in [2.45, 2.75) is 0 Å². The van der Waals surface area contributed by atoms with E-state index in [-0.39, 0.29) is 11.7 Å². The average molecular weight is 437 g/mol. The summed E-state index contributed by atoms with van der Waals surface area (Å²) in [6, 6.07) is 12.4. The molecule has 0 aliphatic rings. The van der Waals surface area contributed by atoms with Crippen molar-refractivity contribution in [2.75, 3.05) is 11.1 Å². The number of fused-ring (bicyclic) bond motifs is 1. The number of hydrogen-bond donors (Lipinski definition) is 3. The number of benzene rings is 2. The monoisotopic (exact) mass is 436 g/mol. The molecule has 0 fully saturated rings. The number of amides is 1. The zero-order valence-electron chi connectivity index (χ0n) is 14.6. The maximum Gasteiger partial charge on any atom is 0.272 e. The lowest BCUT2D eigenvalue weighted by Crippen LogP contribution is -2.16. The Morgan fingerprint density at radius 2 is 2.14 bits per heavy atom. The van der Waals surface area contributed by atoms with Crippen molar-refractivity contribution in [3.05, 3.63) is 52.1 Å². The van der Waals surface area contributed by atoms with E-state index in [2.05, 4.69) is 47.9 Å². The van der Waals surface area contributed by atoms with Crippen LogP contribution in [0.4, 0.5) is 11.4 Å². The van der Waals surface area contributed by atoms with Crippen molar-refractivity contribution in [1.29, 1.82) is 5.26 Å². The van der Waals surface area contributed by atoms with E-state index in [4.69, 9.17) is 11.0 Å². The minimum Gasteiger partial charge on any atom is -0.396 e. The number of tetrazole rings is 1. The van der Waals surface area contributed by atoms with E-state index in [0.717, 1.165) is 15.4 Å². The normalized spacial score (nSPS) is 10.8. The number of aromatic amines is 1. The minimum absolute atomic E-state index is 0.276. The van der Waals surface area contributed by atoms with Crippen molar-refractivity contribution in [3.63, 3.8) is 0 Å². The SMILES string of the molecule is Cn1c(C(=O)Nc2ccc(C#N)cc2-c2nn[nH]n2)cc2ccc(Br)c(N)c21. The number of halogens is 1. The minimum atomic E-state index is -0.330. The smallest absolute Gasteiger partial charge is 0.272 e. The number of nitriles is 1. The standard InChI is InChI=1S/C18H13BrN8O/c1-27-14(7-10-3-4-12(19)15(21)16(10)27)18(28)22-13-5-2-9(8-20)6-11(13)17-23-25-26-24-17/h2-7H,21H2,1H3,(H,22,28)(H,23,24,25,26). The Balaban J connectivity index is 1.76. The fourth-order valence-corrected chi connectivity index (χ4v) is 3.36. The largest absolute Gasteiger partial charge is 0.396 e. The number of anilines is 2. The third kappa shape index (κ3) is 2.87. The molecule has 4 rings (SSSR count). The first-order chi connectivity index (χ1) is 13.5. The van der Waals surface area contributed by atoms with Gasteiger partial charge in [0.2, 0.25) is 5.82 Å². The van der Waals surface area contributed by atoms with Crippen LogP contribution in [0.5, 0.6) is 0 Å². The summed E-state index contributed by atoms with van der Waals surface area (Å²) in [6.07, 6.45) is 0. The summed E-state index contributed by atoms with van der Waals surface area (Å²) in [7, 11) is 1.78. The molecule has 0 aliphatic carbocycles. The van der Waals surface area contributed by atoms with E-state index in [1.54, 1.807) is 35.9 Å². The Morgan fingerprint density at radius 1 is 1.32 bits per heavy atom. The molecule has 0 atom stereocenters. The molecular formula is C18H13BrN8O. The van der Waals surface area contributed by atoms with Crippen LogP contribution >= 0.6 is 15.9 Å². The molecule has 2 aromatic carbocycles. The number of carbonyl (C=O) groups is 1. The highest BCUT2D eigenvalue weighted by Gasteiger charge is 2.19. The lowest BCUT2D eigenvalue weighted by atomic mass is 10.1. The van der Waals surface area contributed by atoms with Gasteiger partial charge in [-0.3, -0.25) is 4.79 Å². The number of H-pyrrole nitrogens is 1. The van der Waals surface area contributed by atoms with Crippen molar-refractivity contribution >= 4 is 44.1 Å². The second-order valence-corrected chi connectivity index (χ2v) is 6.90. The zero-order chi connectivity index (χ0) is 19.8. The number of rotatable bonds is 3. The van der Waals surface area contributed by atoms with Crippen LogP contribution in [-0.2, 0) is 7.05 Å². The highest BCUT2D eigenvalue weighted by molar-refractivity contribution is 9.10. The summed E-state index contributed by atoms with van der Waals surface area (Å²) in [6.45, 7) is 0. The van der Waals surface area contributed by atoms with Gasteiger partial charge >= 0.3 is 0 Å². The lowest BCUT2D eigenvalue weighted by Gasteiger charge is -2.10. The number of hydrogen-bond acceptors (Lipinski definition) is 6. The Bertz CT molecular complexity index is 1250. The van der Waals surface area contributed by atoms with Gasteiger partial charge in [-0.05, 0) is 51.5 Å². The first kappa shape index (κ1) is 17.7. The summed E-state index contributed by atoms with van der Waals surface area (Å²) in [5.41, 5.74) is 9.27. The highest BCUT2D eigenvalue weighted by Crippen LogP contribution is 2.32. The molecule has 0 radical (unpaired) electrons. The lowest BCUT2D eigenvalue weighted by molar-refractivity contribution is 0.102. The number of nitrogen functional groups attached to an aromatic ring is 1. The van der Waals surface area contributed by atoms with Gasteiger partial charge in [-0.2, -0.15) is 10.5 Å². The van der Waals surface area contributed by atoms with Crippen LogP contribution < -0.4 is 11.1 Å². The molecule has 9 nitrogen and oxygen atoms in total. The Labute approximate surface area is 167 Å². The van der Waals surface area contributed by atoms with Crippen LogP contribution in [-0.4, -0.2) is 31.1 Å². The van der Waals surface area contributed by atoms with E-state index < -0.39 is 0 Å². The average Bonchev–Trinajstić information content (AvgIpc) is 3.33. The Morgan fingerprint density at radius 3 is 2.86 bits per heavy atom. The predicted octanol–water partition coefficient (Wildman–Crippen LogP) is 2.83. The van der Waals surface area contributed by atoms with E-state index in [0.29, 0.717) is 28.2 Å². The van der Waals surface area contributed by atoms with Gasteiger partial charge in [-0.15, -0.1) is 10.2 Å². The van der Waals surface area contributed by atoms with Gasteiger partial charge in [0.1, 0.15) is 5.69 Å². The molecular weight excluding hydrogens is 424 g/mol. The molecule has 4 N–H and O–H groups in total. The van der Waals surface area contributed by atoms with Gasteiger partial charge in [0.15, 0.2) is 0 Å². The van der Waals surface area contributed by atoms with Crippen molar-refractivity contribution < 1.29 is 4.79 Å². The van der Waals surface area contributed by atoms with Crippen LogP contribution in [0.25, 0.3) is 22.3 Å². The fourth-order valence-electron chi connectivity index (χ4n) is 3.04. The van der Waals surface area contributed by atoms with Gasteiger partial charge in [0.25, 0.3) is 5.91 Å². The first-order valence-electron chi connectivity index (χ1n) is 8.12. The highest BCUT2D eigenvalue weighted by atomic mass is 79.9. The molecule has 0 unspecified atom stereocenters. The molecule has 2 heterocycles. The van der Waals surface area contributed by atoms with Crippen LogP contribution in [0.1, 0.15) is 16.1 Å². The quantitative estimate of drug-likeness (QED) is 0.422. The molecule has 1 amide bonds. The number of aryl methyl sites for hydroxylation is 1. The fraction of sp³-hybridized carbons (Fsp3) is 0.0556. The summed E-state index contributed by atoms with van der Waals surface area (Å²) in [4.78, 5) is 13.0. The number of carbonyl (C=O) groups excluding carboxylic acids is 1. The number of aromatic nitrogens is 5. The molecule has 0 aliphatic heterocycles. The van der Waals surface area contributed by atoms with Crippen LogP contribution in [0.2, 0.25) is 0 Å². The second-order valence-electron chi connectivity index (χ2n) is 6.05. The number of nitrogens with one attached hydrogen (secondary N) is 2. The Hall–Kier alpha value is -3.71. The van der Waals surface area contributed by atoms with Crippen molar-refractivity contribution in [2.24, 2.45) is 7.05 Å². The van der Waals surface area contributed by atoms with Crippen molar-refractivity contribution in [3.8, 4) is 17.5 Å². The topological polar surface area (TPSA) is 138 Å². The van der Waals surface area contributed by atoms with Gasteiger partial charge < -0.3 is 15.6 Å². The maximum atomic E-state index is 13.0. The maximum absolute atomic E-state index is 13.0. The molecule has 10 heteroatoms. The van der Waals surface area contributed by atoms with E-state index in [1.165, 1.54) is 0 Å². The summed E-state index contributed by atoms with van der Waals surface area (Å²) in [5, 5.41) is 26.7. The molecule has 0 spiro atoms. The van der Waals surface area contributed by atoms with Gasteiger partial charge in [0.05, 0.1) is 28.5 Å². The number of nitrogens with two attached hydrogens (primary N) is 1. The predicted molar refractivity (Wildman–Crippen MR) is 107 cm³/mol. The molecule has 28 heavy (non-hydrogen) atoms. The summed E-state index contributed by atoms with van der Waals surface area (Å²) < 4.78 is 2.50. The van der Waals surface area contributed by atoms with E-state index in [1.807, 2.05) is 12.1 Å². The molecule has 138 valence electrons.